The van der Waals surface area contributed by atoms with Crippen LogP contribution in [0.1, 0.15) is 10.4 Å². The summed E-state index contributed by atoms with van der Waals surface area (Å²) in [6.07, 6.45) is 1.13. The van der Waals surface area contributed by atoms with Crippen molar-refractivity contribution in [1.29, 1.82) is 0 Å². The molecule has 0 spiro atoms. The van der Waals surface area contributed by atoms with Gasteiger partial charge < -0.3 is 4.57 Å². The minimum atomic E-state index is -3.32. The third-order valence-electron chi connectivity index (χ3n) is 3.51. The number of benzene rings is 2. The maximum atomic E-state index is 13.7. The summed E-state index contributed by atoms with van der Waals surface area (Å²) in [5.41, 5.74) is 0.638. The highest BCUT2D eigenvalue weighted by Crippen LogP contribution is 2.21. The van der Waals surface area contributed by atoms with E-state index in [2.05, 4.69) is 4.99 Å². The molecule has 0 fully saturated rings. The third-order valence-corrected chi connectivity index (χ3v) is 5.72. The lowest BCUT2D eigenvalue weighted by molar-refractivity contribution is 0.0994. The number of carbonyl (C=O) groups excluding carboxylic acids is 1. The summed E-state index contributed by atoms with van der Waals surface area (Å²) in [5.74, 6) is -1.31. The minimum Gasteiger partial charge on any atom is -0.319 e. The number of rotatable bonds is 2. The molecule has 0 radical (unpaired) electrons. The van der Waals surface area contributed by atoms with Crippen LogP contribution < -0.4 is 4.80 Å². The van der Waals surface area contributed by atoms with Crippen molar-refractivity contribution in [3.8, 4) is 0 Å². The summed E-state index contributed by atoms with van der Waals surface area (Å²) >= 11 is 1.17. The molecule has 0 N–H and O–H groups in total. The Hall–Kier alpha value is -2.32. The summed E-state index contributed by atoms with van der Waals surface area (Å²) in [6.45, 7) is 0. The quantitative estimate of drug-likeness (QED) is 0.702. The number of aromatic nitrogens is 1. The van der Waals surface area contributed by atoms with E-state index in [4.69, 9.17) is 0 Å². The second-order valence-corrected chi connectivity index (χ2v) is 8.27. The van der Waals surface area contributed by atoms with Crippen LogP contribution in [0.2, 0.25) is 0 Å². The Balaban J connectivity index is 2.15. The average Bonchev–Trinajstić information content (AvgIpc) is 2.82. The lowest BCUT2D eigenvalue weighted by atomic mass is 10.2. The molecule has 1 amide bonds. The third kappa shape index (κ3) is 3.02. The Bertz CT molecular complexity index is 1130. The first-order chi connectivity index (χ1) is 11.3. The van der Waals surface area contributed by atoms with Gasteiger partial charge in [-0.15, -0.1) is 0 Å². The lowest BCUT2D eigenvalue weighted by Gasteiger charge is -1.99. The van der Waals surface area contributed by atoms with Crippen molar-refractivity contribution < 1.29 is 17.6 Å². The van der Waals surface area contributed by atoms with Gasteiger partial charge in [-0.25, -0.2) is 12.8 Å². The van der Waals surface area contributed by atoms with E-state index >= 15 is 0 Å². The maximum absolute atomic E-state index is 13.7. The van der Waals surface area contributed by atoms with E-state index in [0.717, 1.165) is 11.8 Å². The molecular formula is C16H13FN2O3S2. The van der Waals surface area contributed by atoms with E-state index in [0.29, 0.717) is 9.50 Å². The Morgan fingerprint density at radius 1 is 1.21 bits per heavy atom. The number of hydrogen-bond donors (Lipinski definition) is 0. The molecule has 3 rings (SSSR count). The van der Waals surface area contributed by atoms with Crippen LogP contribution in [-0.2, 0) is 16.9 Å². The summed E-state index contributed by atoms with van der Waals surface area (Å²) in [7, 11) is -1.60. The zero-order chi connectivity index (χ0) is 17.5. The van der Waals surface area contributed by atoms with Gasteiger partial charge in [0.2, 0.25) is 0 Å². The number of sulfone groups is 1. The molecular weight excluding hydrogens is 351 g/mol. The van der Waals surface area contributed by atoms with Crippen LogP contribution in [0.25, 0.3) is 10.2 Å². The zero-order valence-electron chi connectivity index (χ0n) is 12.9. The van der Waals surface area contributed by atoms with Gasteiger partial charge in [-0.05, 0) is 30.3 Å². The molecule has 1 heterocycles. The first-order valence-corrected chi connectivity index (χ1v) is 9.61. The Kier molecular flexibility index (Phi) is 4.10. The van der Waals surface area contributed by atoms with Crippen molar-refractivity contribution >= 4 is 37.3 Å². The van der Waals surface area contributed by atoms with Gasteiger partial charge in [-0.2, -0.15) is 4.99 Å². The number of carbonyl (C=O) groups is 1. The number of thiazole rings is 1. The first kappa shape index (κ1) is 16.5. The predicted octanol–water partition coefficient (Wildman–Crippen LogP) is 2.52. The van der Waals surface area contributed by atoms with Crippen LogP contribution in [0.4, 0.5) is 4.39 Å². The summed E-state index contributed by atoms with van der Waals surface area (Å²) in [4.78, 5) is 16.7. The van der Waals surface area contributed by atoms with Crippen molar-refractivity contribution in [2.24, 2.45) is 12.0 Å². The number of amides is 1. The molecule has 0 saturated carbocycles. The van der Waals surface area contributed by atoms with Crippen LogP contribution >= 0.6 is 11.3 Å². The molecule has 0 atom stereocenters. The molecule has 0 aliphatic carbocycles. The highest BCUT2D eigenvalue weighted by Gasteiger charge is 2.13. The molecule has 24 heavy (non-hydrogen) atoms. The second kappa shape index (κ2) is 5.95. The smallest absolute Gasteiger partial charge is 0.282 e. The largest absolute Gasteiger partial charge is 0.319 e. The van der Waals surface area contributed by atoms with E-state index in [1.807, 2.05) is 0 Å². The van der Waals surface area contributed by atoms with E-state index in [1.165, 1.54) is 35.6 Å². The molecule has 0 saturated heterocycles. The molecule has 0 unspecified atom stereocenters. The highest BCUT2D eigenvalue weighted by atomic mass is 32.2. The first-order valence-electron chi connectivity index (χ1n) is 6.90. The molecule has 3 aromatic rings. The number of halogens is 1. The Morgan fingerprint density at radius 2 is 1.92 bits per heavy atom. The monoisotopic (exact) mass is 364 g/mol. The van der Waals surface area contributed by atoms with Crippen LogP contribution in [-0.4, -0.2) is 25.1 Å². The Labute approximate surface area is 141 Å². The molecule has 2 aromatic carbocycles. The van der Waals surface area contributed by atoms with Gasteiger partial charge in [0.25, 0.3) is 5.91 Å². The van der Waals surface area contributed by atoms with Crippen molar-refractivity contribution in [2.75, 3.05) is 6.26 Å². The number of aryl methyl sites for hydroxylation is 1. The molecule has 8 heteroatoms. The highest BCUT2D eigenvalue weighted by molar-refractivity contribution is 7.90. The maximum Gasteiger partial charge on any atom is 0.282 e. The van der Waals surface area contributed by atoms with Crippen LogP contribution in [0.3, 0.4) is 0 Å². The fourth-order valence-electron chi connectivity index (χ4n) is 2.23. The van der Waals surface area contributed by atoms with Crippen LogP contribution in [0.15, 0.2) is 52.4 Å². The number of nitrogens with zero attached hydrogens (tertiary/aromatic N) is 2. The second-order valence-electron chi connectivity index (χ2n) is 5.24. The topological polar surface area (TPSA) is 68.5 Å². The summed E-state index contributed by atoms with van der Waals surface area (Å²) < 4.78 is 39.3. The van der Waals surface area contributed by atoms with Gasteiger partial charge >= 0.3 is 0 Å². The fraction of sp³-hybridized carbons (Fsp3) is 0.125. The lowest BCUT2D eigenvalue weighted by Crippen LogP contribution is -2.13. The molecule has 0 aliphatic rings. The van der Waals surface area contributed by atoms with Gasteiger partial charge in [-0.3, -0.25) is 4.79 Å². The SMILES string of the molecule is Cn1c(=NC(=O)c2ccccc2F)sc2cc(S(C)(=O)=O)ccc21. The van der Waals surface area contributed by atoms with Gasteiger partial charge in [0.1, 0.15) is 5.82 Å². The Morgan fingerprint density at radius 3 is 2.58 bits per heavy atom. The zero-order valence-corrected chi connectivity index (χ0v) is 14.5. The number of hydrogen-bond acceptors (Lipinski definition) is 4. The predicted molar refractivity (Wildman–Crippen MR) is 90.2 cm³/mol. The molecule has 1 aromatic heterocycles. The molecule has 0 bridgehead atoms. The summed E-state index contributed by atoms with van der Waals surface area (Å²) in [5, 5.41) is 0. The van der Waals surface area contributed by atoms with Crippen molar-refractivity contribution in [2.45, 2.75) is 4.90 Å². The van der Waals surface area contributed by atoms with E-state index in [1.54, 1.807) is 29.8 Å². The van der Waals surface area contributed by atoms with Crippen LogP contribution in [0.5, 0.6) is 0 Å². The van der Waals surface area contributed by atoms with Gasteiger partial charge in [0.15, 0.2) is 14.6 Å². The van der Waals surface area contributed by atoms with Gasteiger partial charge in [0.05, 0.1) is 20.7 Å². The van der Waals surface area contributed by atoms with Gasteiger partial charge in [0, 0.05) is 13.3 Å². The van der Waals surface area contributed by atoms with Gasteiger partial charge in [-0.1, -0.05) is 23.5 Å². The van der Waals surface area contributed by atoms with E-state index < -0.39 is 21.6 Å². The number of fused-ring (bicyclic) bond motifs is 1. The summed E-state index contributed by atoms with van der Waals surface area (Å²) in [6, 6.07) is 10.3. The van der Waals surface area contributed by atoms with Crippen molar-refractivity contribution in [1.82, 2.24) is 4.57 Å². The van der Waals surface area contributed by atoms with E-state index in [9.17, 15) is 17.6 Å². The molecule has 0 aliphatic heterocycles. The van der Waals surface area contributed by atoms with Crippen LogP contribution in [0, 0.1) is 5.82 Å². The van der Waals surface area contributed by atoms with Crippen molar-refractivity contribution in [3.63, 3.8) is 0 Å². The van der Waals surface area contributed by atoms with Crippen molar-refractivity contribution in [3.05, 3.63) is 58.6 Å². The standard InChI is InChI=1S/C16H13FN2O3S2/c1-19-13-8-7-10(24(2,21)22)9-14(13)23-16(19)18-15(20)11-5-3-4-6-12(11)17/h3-9H,1-2H3. The minimum absolute atomic E-state index is 0.105. The average molecular weight is 364 g/mol. The van der Waals surface area contributed by atoms with E-state index in [-0.39, 0.29) is 10.5 Å². The molecule has 124 valence electrons. The molecule has 5 nitrogen and oxygen atoms in total. The normalized spacial score (nSPS) is 12.7. The fourth-order valence-corrected chi connectivity index (χ4v) is 4.01.